The van der Waals surface area contributed by atoms with Gasteiger partial charge < -0.3 is 10.4 Å². The lowest BCUT2D eigenvalue weighted by Crippen LogP contribution is -2.36. The van der Waals surface area contributed by atoms with Gasteiger partial charge in [-0.25, -0.2) is 0 Å². The fourth-order valence-electron chi connectivity index (χ4n) is 0.763. The number of rotatable bonds is 6. The molecule has 63 valence electrons. The molecule has 0 aliphatic heterocycles. The first-order valence-corrected chi connectivity index (χ1v) is 3.53. The maximum Gasteiger partial charge on any atom is 0.320 e. The van der Waals surface area contributed by atoms with Crippen LogP contribution in [0.1, 0.15) is 19.8 Å². The third kappa shape index (κ3) is 4.50. The fraction of sp³-hybridized carbons (Fsp3) is 0.714. The summed E-state index contributed by atoms with van der Waals surface area (Å²) < 4.78 is 0. The molecular weight excluding hydrogens is 146 g/mol. The van der Waals surface area contributed by atoms with E-state index in [9.17, 15) is 9.59 Å². The summed E-state index contributed by atoms with van der Waals surface area (Å²) in [5, 5.41) is 11.3. The Kier molecular flexibility index (Phi) is 5.37. The SMILES string of the molecule is CCN[C@@H](CC[C]=O)C(=O)O. The zero-order valence-corrected chi connectivity index (χ0v) is 6.46. The zero-order valence-electron chi connectivity index (χ0n) is 6.46. The van der Waals surface area contributed by atoms with Gasteiger partial charge in [0.15, 0.2) is 6.29 Å². The molecule has 0 spiro atoms. The average molecular weight is 158 g/mol. The van der Waals surface area contributed by atoms with Gasteiger partial charge in [0.1, 0.15) is 6.04 Å². The molecule has 4 nitrogen and oxygen atoms in total. The van der Waals surface area contributed by atoms with Crippen LogP contribution in [0, 0.1) is 0 Å². The Labute approximate surface area is 65.6 Å². The summed E-state index contributed by atoms with van der Waals surface area (Å²) in [7, 11) is 0. The van der Waals surface area contributed by atoms with Gasteiger partial charge in [0, 0.05) is 6.42 Å². The van der Waals surface area contributed by atoms with Crippen LogP contribution in [0.25, 0.3) is 0 Å². The summed E-state index contributed by atoms with van der Waals surface area (Å²) in [6.07, 6.45) is 2.14. The molecule has 0 aromatic carbocycles. The van der Waals surface area contributed by atoms with E-state index in [1.807, 2.05) is 6.92 Å². The highest BCUT2D eigenvalue weighted by Gasteiger charge is 2.14. The predicted octanol–water partition coefficient (Wildman–Crippen LogP) is -0.0610. The number of likely N-dealkylation sites (N-methyl/N-ethyl adjacent to an activating group) is 1. The molecule has 0 rings (SSSR count). The molecule has 2 N–H and O–H groups in total. The second kappa shape index (κ2) is 5.85. The molecule has 0 aliphatic carbocycles. The van der Waals surface area contributed by atoms with Gasteiger partial charge in [0.05, 0.1) is 0 Å². The van der Waals surface area contributed by atoms with E-state index < -0.39 is 12.0 Å². The molecule has 1 radical (unpaired) electrons. The number of hydrogen-bond acceptors (Lipinski definition) is 3. The second-order valence-electron chi connectivity index (χ2n) is 2.13. The second-order valence-corrected chi connectivity index (χ2v) is 2.13. The van der Waals surface area contributed by atoms with E-state index in [1.165, 1.54) is 0 Å². The van der Waals surface area contributed by atoms with Gasteiger partial charge in [-0.05, 0) is 13.0 Å². The quantitative estimate of drug-likeness (QED) is 0.568. The fourth-order valence-corrected chi connectivity index (χ4v) is 0.763. The average Bonchev–Trinajstić information content (AvgIpc) is 1.97. The number of carboxylic acids is 1. The lowest BCUT2D eigenvalue weighted by atomic mass is 10.2. The Balaban J connectivity index is 3.68. The Bertz CT molecular complexity index is 136. The van der Waals surface area contributed by atoms with Crippen molar-refractivity contribution in [2.45, 2.75) is 25.8 Å². The zero-order chi connectivity index (χ0) is 8.69. The first kappa shape index (κ1) is 10.1. The molecule has 0 aromatic rings. The van der Waals surface area contributed by atoms with Gasteiger partial charge in [-0.2, -0.15) is 0 Å². The summed E-state index contributed by atoms with van der Waals surface area (Å²) >= 11 is 0. The number of aliphatic carboxylic acids is 1. The normalized spacial score (nSPS) is 12.5. The minimum Gasteiger partial charge on any atom is -0.480 e. The Morgan fingerprint density at radius 1 is 1.73 bits per heavy atom. The van der Waals surface area contributed by atoms with Crippen molar-refractivity contribution in [1.82, 2.24) is 5.32 Å². The van der Waals surface area contributed by atoms with Gasteiger partial charge >= 0.3 is 5.97 Å². The molecule has 0 bridgehead atoms. The van der Waals surface area contributed by atoms with E-state index in [0.29, 0.717) is 13.0 Å². The molecule has 0 heterocycles. The van der Waals surface area contributed by atoms with E-state index in [1.54, 1.807) is 6.29 Å². The number of hydrogen-bond donors (Lipinski definition) is 2. The van der Waals surface area contributed by atoms with Gasteiger partial charge in [0.2, 0.25) is 0 Å². The summed E-state index contributed by atoms with van der Waals surface area (Å²) in [5.74, 6) is -0.915. The highest BCUT2D eigenvalue weighted by molar-refractivity contribution is 5.73. The van der Waals surface area contributed by atoms with Crippen molar-refractivity contribution in [3.8, 4) is 0 Å². The van der Waals surface area contributed by atoms with Crippen LogP contribution in [0.15, 0.2) is 0 Å². The molecule has 0 amide bonds. The van der Waals surface area contributed by atoms with E-state index in [-0.39, 0.29) is 6.42 Å². The maximum atomic E-state index is 10.4. The van der Waals surface area contributed by atoms with Gasteiger partial charge in [-0.1, -0.05) is 6.92 Å². The molecule has 4 heteroatoms. The van der Waals surface area contributed by atoms with Crippen LogP contribution < -0.4 is 5.32 Å². The van der Waals surface area contributed by atoms with Crippen LogP contribution in [0.5, 0.6) is 0 Å². The molecule has 0 fully saturated rings. The highest BCUT2D eigenvalue weighted by atomic mass is 16.4. The predicted molar refractivity (Wildman–Crippen MR) is 40.0 cm³/mol. The summed E-state index contributed by atoms with van der Waals surface area (Å²) in [6.45, 7) is 2.41. The molecular formula is C7H12NO3. The number of carbonyl (C=O) groups is 1. The standard InChI is InChI=1S/C7H12NO3/c1-2-8-6(7(10)11)4-3-5-9/h6,8H,2-4H2,1H3,(H,10,11)/t6-/m0/s1. The van der Waals surface area contributed by atoms with E-state index in [4.69, 9.17) is 5.11 Å². The maximum absolute atomic E-state index is 10.4. The van der Waals surface area contributed by atoms with Crippen molar-refractivity contribution in [2.24, 2.45) is 0 Å². The smallest absolute Gasteiger partial charge is 0.320 e. The third-order valence-electron chi connectivity index (χ3n) is 1.28. The van der Waals surface area contributed by atoms with Crippen LogP contribution in [0.4, 0.5) is 0 Å². The lowest BCUT2D eigenvalue weighted by molar-refractivity contribution is -0.139. The monoisotopic (exact) mass is 158 g/mol. The molecule has 0 unspecified atom stereocenters. The van der Waals surface area contributed by atoms with Gasteiger partial charge in [-0.3, -0.25) is 9.59 Å². The third-order valence-corrected chi connectivity index (χ3v) is 1.28. The molecule has 0 aliphatic rings. The Morgan fingerprint density at radius 2 is 2.36 bits per heavy atom. The number of carboxylic acid groups (broad SMARTS) is 1. The van der Waals surface area contributed by atoms with Crippen molar-refractivity contribution in [2.75, 3.05) is 6.54 Å². The van der Waals surface area contributed by atoms with Crippen LogP contribution in [-0.4, -0.2) is 29.9 Å². The first-order chi connectivity index (χ1) is 5.22. The van der Waals surface area contributed by atoms with Crippen molar-refractivity contribution >= 4 is 12.3 Å². The minimum absolute atomic E-state index is 0.171. The lowest BCUT2D eigenvalue weighted by Gasteiger charge is -2.09. The van der Waals surface area contributed by atoms with Crippen molar-refractivity contribution in [3.05, 3.63) is 0 Å². The first-order valence-electron chi connectivity index (χ1n) is 3.53. The number of nitrogens with one attached hydrogen (secondary N) is 1. The minimum atomic E-state index is -0.915. The van der Waals surface area contributed by atoms with Crippen LogP contribution >= 0.6 is 0 Å². The highest BCUT2D eigenvalue weighted by Crippen LogP contribution is 1.94. The topological polar surface area (TPSA) is 66.4 Å². The Hall–Kier alpha value is -0.900. The van der Waals surface area contributed by atoms with Crippen molar-refractivity contribution in [1.29, 1.82) is 0 Å². The van der Waals surface area contributed by atoms with E-state index in [0.717, 1.165) is 0 Å². The molecule has 11 heavy (non-hydrogen) atoms. The van der Waals surface area contributed by atoms with Crippen molar-refractivity contribution in [3.63, 3.8) is 0 Å². The summed E-state index contributed by atoms with van der Waals surface area (Å²) in [6, 6.07) is -0.610. The molecule has 0 saturated carbocycles. The van der Waals surface area contributed by atoms with E-state index >= 15 is 0 Å². The largest absolute Gasteiger partial charge is 0.480 e. The van der Waals surface area contributed by atoms with Crippen LogP contribution in [-0.2, 0) is 9.59 Å². The summed E-state index contributed by atoms with van der Waals surface area (Å²) in [5.41, 5.74) is 0. The Morgan fingerprint density at radius 3 is 2.73 bits per heavy atom. The molecule has 1 atom stereocenters. The van der Waals surface area contributed by atoms with Crippen LogP contribution in [0.2, 0.25) is 0 Å². The summed E-state index contributed by atoms with van der Waals surface area (Å²) in [4.78, 5) is 20.2. The number of carbonyl (C=O) groups excluding carboxylic acids is 1. The van der Waals surface area contributed by atoms with Crippen molar-refractivity contribution < 1.29 is 14.7 Å². The van der Waals surface area contributed by atoms with Gasteiger partial charge in [-0.15, -0.1) is 0 Å². The molecule has 0 aromatic heterocycles. The van der Waals surface area contributed by atoms with Gasteiger partial charge in [0.25, 0.3) is 0 Å². The van der Waals surface area contributed by atoms with E-state index in [2.05, 4.69) is 5.32 Å². The van der Waals surface area contributed by atoms with Crippen LogP contribution in [0.3, 0.4) is 0 Å². The molecule has 0 saturated heterocycles.